The number of aliphatic carboxylic acids is 1. The molecule has 0 fully saturated rings. The van der Waals surface area contributed by atoms with Gasteiger partial charge >= 0.3 is 5.97 Å². The van der Waals surface area contributed by atoms with E-state index in [1.807, 2.05) is 13.0 Å². The van der Waals surface area contributed by atoms with Crippen LogP contribution >= 0.6 is 0 Å². The highest BCUT2D eigenvalue weighted by Gasteiger charge is 2.14. The van der Waals surface area contributed by atoms with Gasteiger partial charge in [0.05, 0.1) is 0 Å². The summed E-state index contributed by atoms with van der Waals surface area (Å²) in [4.78, 5) is 17.4. The summed E-state index contributed by atoms with van der Waals surface area (Å²) in [6.45, 7) is 9.57. The van der Waals surface area contributed by atoms with Gasteiger partial charge in [-0.15, -0.1) is 0 Å². The van der Waals surface area contributed by atoms with E-state index in [9.17, 15) is 4.79 Å². The van der Waals surface area contributed by atoms with Gasteiger partial charge in [0.2, 0.25) is 0 Å². The molecule has 0 aliphatic heterocycles. The van der Waals surface area contributed by atoms with Gasteiger partial charge in [-0.05, 0) is 50.5 Å². The van der Waals surface area contributed by atoms with E-state index in [1.165, 1.54) is 12.8 Å². The van der Waals surface area contributed by atoms with Gasteiger partial charge in [0.15, 0.2) is 0 Å². The Labute approximate surface area is 127 Å². The molecular formula is C17H26N2O2. The number of hydrogen-bond donors (Lipinski definition) is 1. The van der Waals surface area contributed by atoms with Crippen LogP contribution in [0.1, 0.15) is 51.2 Å². The van der Waals surface area contributed by atoms with E-state index < -0.39 is 5.97 Å². The van der Waals surface area contributed by atoms with Gasteiger partial charge in [-0.1, -0.05) is 19.8 Å². The van der Waals surface area contributed by atoms with E-state index in [0.29, 0.717) is 6.04 Å². The predicted octanol–water partition coefficient (Wildman–Crippen LogP) is 3.89. The second-order valence-corrected chi connectivity index (χ2v) is 5.57. The van der Waals surface area contributed by atoms with Crippen LogP contribution in [-0.2, 0) is 4.79 Å². The number of anilines is 1. The number of hydrogen-bond acceptors (Lipinski definition) is 3. The summed E-state index contributed by atoms with van der Waals surface area (Å²) in [5.74, 6) is 0.0497. The van der Waals surface area contributed by atoms with Gasteiger partial charge in [-0.3, -0.25) is 0 Å². The van der Waals surface area contributed by atoms with Crippen LogP contribution in [0.2, 0.25) is 0 Å². The molecule has 0 saturated carbocycles. The maximum absolute atomic E-state index is 10.6. The second-order valence-electron chi connectivity index (χ2n) is 5.57. The van der Waals surface area contributed by atoms with Crippen molar-refractivity contribution in [1.29, 1.82) is 0 Å². The summed E-state index contributed by atoms with van der Waals surface area (Å²) in [6, 6.07) is 2.38. The third-order valence-electron chi connectivity index (χ3n) is 3.39. The van der Waals surface area contributed by atoms with Crippen LogP contribution in [0.4, 0.5) is 5.82 Å². The molecular weight excluding hydrogens is 264 g/mol. The zero-order valence-corrected chi connectivity index (χ0v) is 13.5. The van der Waals surface area contributed by atoms with E-state index in [-0.39, 0.29) is 0 Å². The van der Waals surface area contributed by atoms with Crippen molar-refractivity contribution in [3.63, 3.8) is 0 Å². The Kier molecular flexibility index (Phi) is 6.92. The second kappa shape index (κ2) is 8.45. The smallest absolute Gasteiger partial charge is 0.328 e. The maximum atomic E-state index is 10.6. The van der Waals surface area contributed by atoms with Crippen LogP contribution < -0.4 is 4.90 Å². The SMILES string of the molecule is CCCCCN(c1ncc(/C=C/C(=O)O)cc1C)C(C)C. The molecule has 4 nitrogen and oxygen atoms in total. The fourth-order valence-electron chi connectivity index (χ4n) is 2.29. The van der Waals surface area contributed by atoms with Gasteiger partial charge in [0.25, 0.3) is 0 Å². The number of carboxylic acids is 1. The Morgan fingerprint density at radius 1 is 1.43 bits per heavy atom. The summed E-state index contributed by atoms with van der Waals surface area (Å²) in [7, 11) is 0. The first kappa shape index (κ1) is 17.2. The molecule has 0 atom stereocenters. The lowest BCUT2D eigenvalue weighted by Crippen LogP contribution is -2.33. The van der Waals surface area contributed by atoms with Gasteiger partial charge < -0.3 is 10.0 Å². The van der Waals surface area contributed by atoms with Crippen molar-refractivity contribution >= 4 is 17.9 Å². The minimum atomic E-state index is -0.944. The van der Waals surface area contributed by atoms with Crippen molar-refractivity contribution in [3.05, 3.63) is 29.5 Å². The molecule has 116 valence electrons. The lowest BCUT2D eigenvalue weighted by atomic mass is 10.1. The molecule has 1 aromatic heterocycles. The molecule has 0 saturated heterocycles. The zero-order chi connectivity index (χ0) is 15.8. The van der Waals surface area contributed by atoms with Crippen molar-refractivity contribution in [2.45, 2.75) is 53.0 Å². The first-order valence-corrected chi connectivity index (χ1v) is 7.60. The molecule has 4 heteroatoms. The number of aryl methyl sites for hydroxylation is 1. The van der Waals surface area contributed by atoms with Gasteiger partial charge in [-0.25, -0.2) is 9.78 Å². The number of rotatable bonds is 8. The summed E-state index contributed by atoms with van der Waals surface area (Å²) >= 11 is 0. The highest BCUT2D eigenvalue weighted by Crippen LogP contribution is 2.21. The molecule has 1 aromatic rings. The standard InChI is InChI=1S/C17H26N2O2/c1-5-6-7-10-19(13(2)3)17-14(4)11-15(12-18-17)8-9-16(20)21/h8-9,11-13H,5-7,10H2,1-4H3,(H,20,21)/b9-8+. The Balaban J connectivity index is 2.91. The topological polar surface area (TPSA) is 53.4 Å². The molecule has 0 unspecified atom stereocenters. The maximum Gasteiger partial charge on any atom is 0.328 e. The van der Waals surface area contributed by atoms with Crippen molar-refractivity contribution < 1.29 is 9.90 Å². The Bertz CT molecular complexity index is 496. The molecule has 21 heavy (non-hydrogen) atoms. The molecule has 0 aliphatic rings. The number of nitrogens with zero attached hydrogens (tertiary/aromatic N) is 2. The van der Waals surface area contributed by atoms with Gasteiger partial charge in [-0.2, -0.15) is 0 Å². The van der Waals surface area contributed by atoms with Gasteiger partial charge in [0, 0.05) is 24.9 Å². The quantitative estimate of drug-likeness (QED) is 0.583. The van der Waals surface area contributed by atoms with E-state index in [0.717, 1.165) is 36.0 Å². The molecule has 1 heterocycles. The van der Waals surface area contributed by atoms with E-state index in [4.69, 9.17) is 5.11 Å². The van der Waals surface area contributed by atoms with Crippen LogP contribution in [0.25, 0.3) is 6.08 Å². The molecule has 0 bridgehead atoms. The Morgan fingerprint density at radius 3 is 2.67 bits per heavy atom. The Hall–Kier alpha value is -1.84. The third-order valence-corrected chi connectivity index (χ3v) is 3.39. The predicted molar refractivity (Wildman–Crippen MR) is 87.7 cm³/mol. The highest BCUT2D eigenvalue weighted by atomic mass is 16.4. The van der Waals surface area contributed by atoms with E-state index in [1.54, 1.807) is 12.3 Å². The number of aromatic nitrogens is 1. The average Bonchev–Trinajstić information content (AvgIpc) is 2.42. The largest absolute Gasteiger partial charge is 0.478 e. The minimum Gasteiger partial charge on any atom is -0.478 e. The summed E-state index contributed by atoms with van der Waals surface area (Å²) < 4.78 is 0. The average molecular weight is 290 g/mol. The monoisotopic (exact) mass is 290 g/mol. The summed E-state index contributed by atoms with van der Waals surface area (Å²) in [5.41, 5.74) is 1.89. The van der Waals surface area contributed by atoms with Crippen molar-refractivity contribution in [2.75, 3.05) is 11.4 Å². The van der Waals surface area contributed by atoms with Crippen molar-refractivity contribution in [1.82, 2.24) is 4.98 Å². The van der Waals surface area contributed by atoms with Crippen LogP contribution in [-0.4, -0.2) is 28.6 Å². The lowest BCUT2D eigenvalue weighted by Gasteiger charge is -2.29. The molecule has 0 amide bonds. The van der Waals surface area contributed by atoms with Crippen LogP contribution in [0.3, 0.4) is 0 Å². The lowest BCUT2D eigenvalue weighted by molar-refractivity contribution is -0.131. The third kappa shape index (κ3) is 5.58. The Morgan fingerprint density at radius 2 is 2.14 bits per heavy atom. The molecule has 0 aliphatic carbocycles. The molecule has 0 spiro atoms. The van der Waals surface area contributed by atoms with Crippen LogP contribution in [0.15, 0.2) is 18.3 Å². The molecule has 1 rings (SSSR count). The normalized spacial score (nSPS) is 11.3. The number of carbonyl (C=O) groups is 1. The minimum absolute atomic E-state index is 0.397. The number of unbranched alkanes of at least 4 members (excludes halogenated alkanes) is 2. The van der Waals surface area contributed by atoms with Crippen molar-refractivity contribution in [2.24, 2.45) is 0 Å². The van der Waals surface area contributed by atoms with Crippen molar-refractivity contribution in [3.8, 4) is 0 Å². The van der Waals surface area contributed by atoms with E-state index in [2.05, 4.69) is 30.7 Å². The molecule has 1 N–H and O–H groups in total. The summed E-state index contributed by atoms with van der Waals surface area (Å²) in [6.07, 6.45) is 8.03. The zero-order valence-electron chi connectivity index (χ0n) is 13.5. The fourth-order valence-corrected chi connectivity index (χ4v) is 2.29. The number of pyridine rings is 1. The first-order valence-electron chi connectivity index (χ1n) is 7.60. The fraction of sp³-hybridized carbons (Fsp3) is 0.529. The van der Waals surface area contributed by atoms with Crippen LogP contribution in [0, 0.1) is 6.92 Å². The van der Waals surface area contributed by atoms with Crippen LogP contribution in [0.5, 0.6) is 0 Å². The highest BCUT2D eigenvalue weighted by molar-refractivity contribution is 5.85. The molecule has 0 aromatic carbocycles. The van der Waals surface area contributed by atoms with E-state index >= 15 is 0 Å². The first-order chi connectivity index (χ1) is 9.95. The number of carboxylic acid groups (broad SMARTS) is 1. The van der Waals surface area contributed by atoms with Gasteiger partial charge in [0.1, 0.15) is 5.82 Å². The molecule has 0 radical (unpaired) electrons. The summed E-state index contributed by atoms with van der Waals surface area (Å²) in [5, 5.41) is 8.66.